The fourth-order valence-electron chi connectivity index (χ4n) is 1.88. The van der Waals surface area contributed by atoms with E-state index in [0.717, 1.165) is 14.3 Å². The summed E-state index contributed by atoms with van der Waals surface area (Å²) in [6.45, 7) is 7.07. The van der Waals surface area contributed by atoms with Gasteiger partial charge in [-0.25, -0.2) is 0 Å². The molecular formula is C12H15BrN3O2. The third kappa shape index (κ3) is 1.63. The maximum absolute atomic E-state index is 12.4. The van der Waals surface area contributed by atoms with E-state index in [0.29, 0.717) is 5.56 Å². The zero-order valence-electron chi connectivity index (χ0n) is 10.8. The highest BCUT2D eigenvalue weighted by atomic mass is 79.9. The van der Waals surface area contributed by atoms with Gasteiger partial charge in [-0.2, -0.15) is 0 Å². The molecule has 1 aliphatic rings. The summed E-state index contributed by atoms with van der Waals surface area (Å²) in [5.74, 6) is 0.110. The number of halogens is 1. The minimum absolute atomic E-state index is 0.110. The van der Waals surface area contributed by atoms with Gasteiger partial charge in [-0.1, -0.05) is 5.06 Å². The summed E-state index contributed by atoms with van der Waals surface area (Å²) in [7, 11) is 0. The van der Waals surface area contributed by atoms with Crippen molar-refractivity contribution < 1.29 is 9.95 Å². The molecule has 0 saturated carbocycles. The maximum Gasteiger partial charge on any atom is 0.318 e. The van der Waals surface area contributed by atoms with Crippen LogP contribution in [-0.4, -0.2) is 31.7 Å². The molecule has 1 aromatic heterocycles. The molecule has 0 unspecified atom stereocenters. The highest BCUT2D eigenvalue weighted by Gasteiger charge is 2.59. The lowest BCUT2D eigenvalue weighted by molar-refractivity contribution is -0.539. The van der Waals surface area contributed by atoms with Gasteiger partial charge in [0.2, 0.25) is 0 Å². The number of aromatic nitrogens is 1. The van der Waals surface area contributed by atoms with Crippen LogP contribution in [0.4, 0.5) is 0 Å². The summed E-state index contributed by atoms with van der Waals surface area (Å²) >= 11 is 3.29. The van der Waals surface area contributed by atoms with Gasteiger partial charge in [0, 0.05) is 22.1 Å². The van der Waals surface area contributed by atoms with E-state index in [2.05, 4.69) is 20.9 Å². The molecule has 1 radical (unpaired) electrons. The van der Waals surface area contributed by atoms with Crippen LogP contribution in [0.3, 0.4) is 0 Å². The van der Waals surface area contributed by atoms with Crippen molar-refractivity contribution in [1.82, 2.24) is 10.0 Å². The van der Waals surface area contributed by atoms with Gasteiger partial charge < -0.3 is 5.21 Å². The minimum Gasteiger partial charge on any atom is -0.714 e. The fraction of sp³-hybridized carbons (Fsp3) is 0.500. The van der Waals surface area contributed by atoms with Gasteiger partial charge in [0.25, 0.3) is 0 Å². The number of rotatable bonds is 1. The van der Waals surface area contributed by atoms with Gasteiger partial charge >= 0.3 is 5.84 Å². The lowest BCUT2D eigenvalue weighted by Gasteiger charge is -2.32. The number of hydrogen-bond acceptors (Lipinski definition) is 3. The molecule has 0 fully saturated rings. The summed E-state index contributed by atoms with van der Waals surface area (Å²) < 4.78 is 1.51. The van der Waals surface area contributed by atoms with Crippen LogP contribution in [0.15, 0.2) is 22.9 Å². The first-order valence-corrected chi connectivity index (χ1v) is 6.41. The molecule has 0 bridgehead atoms. The maximum atomic E-state index is 12.4. The molecule has 0 aliphatic carbocycles. The van der Waals surface area contributed by atoms with E-state index in [1.807, 2.05) is 0 Å². The van der Waals surface area contributed by atoms with Gasteiger partial charge in [-0.15, -0.1) is 0 Å². The summed E-state index contributed by atoms with van der Waals surface area (Å²) in [4.78, 5) is 3.99. The molecule has 1 aliphatic heterocycles. The third-order valence-corrected chi connectivity index (χ3v) is 4.29. The van der Waals surface area contributed by atoms with Crippen molar-refractivity contribution in [2.24, 2.45) is 0 Å². The second-order valence-corrected chi connectivity index (χ2v) is 6.34. The van der Waals surface area contributed by atoms with Crippen molar-refractivity contribution in [2.75, 3.05) is 0 Å². The molecule has 5 nitrogen and oxygen atoms in total. The topological polar surface area (TPSA) is 62.1 Å². The SMILES string of the molecule is CC1(C)N([O])C(c2cncc(Br)c2)=[N+]([O-])C1(C)C. The molecule has 6 heteroatoms. The molecule has 0 spiro atoms. The second kappa shape index (κ2) is 3.93. The molecular weight excluding hydrogens is 298 g/mol. The second-order valence-electron chi connectivity index (χ2n) is 5.42. The van der Waals surface area contributed by atoms with E-state index >= 15 is 0 Å². The van der Waals surface area contributed by atoms with Gasteiger partial charge in [-0.05, 0) is 49.7 Å². The molecule has 0 N–H and O–H groups in total. The van der Waals surface area contributed by atoms with Crippen molar-refractivity contribution in [3.8, 4) is 0 Å². The van der Waals surface area contributed by atoms with Gasteiger partial charge in [-0.3, -0.25) is 9.72 Å². The molecule has 18 heavy (non-hydrogen) atoms. The van der Waals surface area contributed by atoms with Crippen LogP contribution in [0.5, 0.6) is 0 Å². The zero-order valence-corrected chi connectivity index (χ0v) is 12.4. The van der Waals surface area contributed by atoms with Crippen molar-refractivity contribution in [2.45, 2.75) is 38.8 Å². The number of hydrogen-bond donors (Lipinski definition) is 0. The molecule has 1 aromatic rings. The predicted molar refractivity (Wildman–Crippen MR) is 70.4 cm³/mol. The summed E-state index contributed by atoms with van der Waals surface area (Å²) in [6.07, 6.45) is 3.13. The molecule has 0 aromatic carbocycles. The van der Waals surface area contributed by atoms with Crippen molar-refractivity contribution in [3.63, 3.8) is 0 Å². The number of nitrogens with zero attached hydrogens (tertiary/aromatic N) is 3. The van der Waals surface area contributed by atoms with Crippen molar-refractivity contribution >= 4 is 21.8 Å². The first-order chi connectivity index (χ1) is 8.19. The predicted octanol–water partition coefficient (Wildman–Crippen LogP) is 2.32. The molecule has 0 saturated heterocycles. The Hall–Kier alpha value is -1.14. The monoisotopic (exact) mass is 312 g/mol. The van der Waals surface area contributed by atoms with Crippen LogP contribution in [-0.2, 0) is 5.21 Å². The van der Waals surface area contributed by atoms with Crippen molar-refractivity contribution in [1.29, 1.82) is 0 Å². The normalized spacial score (nSPS) is 21.6. The van der Waals surface area contributed by atoms with E-state index in [1.54, 1.807) is 40.0 Å². The van der Waals surface area contributed by atoms with Gasteiger partial charge in [0.1, 0.15) is 5.54 Å². The Labute approximate surface area is 114 Å². The fourth-order valence-corrected chi connectivity index (χ4v) is 2.24. The Balaban J connectivity index is 2.61. The lowest BCUT2D eigenvalue weighted by atomic mass is 9.84. The number of pyridine rings is 1. The Kier molecular flexibility index (Phi) is 2.90. The van der Waals surface area contributed by atoms with Crippen LogP contribution in [0.25, 0.3) is 0 Å². The molecule has 0 amide bonds. The Morgan fingerprint density at radius 3 is 2.39 bits per heavy atom. The summed E-state index contributed by atoms with van der Waals surface area (Å²) in [6, 6.07) is 1.72. The van der Waals surface area contributed by atoms with Crippen LogP contribution in [0.1, 0.15) is 33.3 Å². The minimum atomic E-state index is -0.799. The highest BCUT2D eigenvalue weighted by Crippen LogP contribution is 2.37. The first kappa shape index (κ1) is 13.3. The highest BCUT2D eigenvalue weighted by molar-refractivity contribution is 9.10. The lowest BCUT2D eigenvalue weighted by Crippen LogP contribution is -2.53. The van der Waals surface area contributed by atoms with Gasteiger partial charge in [0.05, 0.1) is 5.56 Å². The van der Waals surface area contributed by atoms with E-state index in [-0.39, 0.29) is 5.84 Å². The Bertz CT molecular complexity index is 526. The standard InChI is InChI=1S/C12H15BrN3O2/c1-11(2)12(3,4)16(18)10(15(11)17)8-5-9(13)7-14-6-8/h5-7H,1-4H3. The Morgan fingerprint density at radius 2 is 1.94 bits per heavy atom. The zero-order chi connectivity index (χ0) is 13.7. The average Bonchev–Trinajstić information content (AvgIpc) is 2.38. The van der Waals surface area contributed by atoms with Crippen LogP contribution >= 0.6 is 15.9 Å². The largest absolute Gasteiger partial charge is 0.714 e. The molecule has 2 heterocycles. The molecule has 0 atom stereocenters. The Morgan fingerprint density at radius 1 is 1.33 bits per heavy atom. The first-order valence-electron chi connectivity index (χ1n) is 5.62. The summed E-state index contributed by atoms with van der Waals surface area (Å²) in [5, 5.41) is 25.5. The third-order valence-electron chi connectivity index (χ3n) is 3.86. The average molecular weight is 313 g/mol. The molecule has 97 valence electrons. The van der Waals surface area contributed by atoms with E-state index in [9.17, 15) is 10.4 Å². The van der Waals surface area contributed by atoms with Crippen LogP contribution in [0.2, 0.25) is 0 Å². The smallest absolute Gasteiger partial charge is 0.318 e. The van der Waals surface area contributed by atoms with Crippen LogP contribution in [0, 0.1) is 5.21 Å². The number of amidine groups is 1. The van der Waals surface area contributed by atoms with E-state index in [4.69, 9.17) is 0 Å². The quantitative estimate of drug-likeness (QED) is 0.590. The van der Waals surface area contributed by atoms with Gasteiger partial charge in [0.15, 0.2) is 5.54 Å². The summed E-state index contributed by atoms with van der Waals surface area (Å²) in [5.41, 5.74) is -1.08. The van der Waals surface area contributed by atoms with E-state index < -0.39 is 11.1 Å². The van der Waals surface area contributed by atoms with Crippen LogP contribution < -0.4 is 0 Å². The van der Waals surface area contributed by atoms with E-state index in [1.165, 1.54) is 6.20 Å². The molecule has 2 rings (SSSR count). The van der Waals surface area contributed by atoms with Crippen molar-refractivity contribution in [3.05, 3.63) is 33.7 Å². The number of hydroxylamine groups is 3.